The molecular weight excluding hydrogens is 292 g/mol. The topological polar surface area (TPSA) is 169 Å². The van der Waals surface area contributed by atoms with Crippen molar-refractivity contribution in [3.8, 4) is 0 Å². The molecule has 0 aliphatic carbocycles. The molecular formula is C11H20O10. The summed E-state index contributed by atoms with van der Waals surface area (Å²) in [5.41, 5.74) is 0. The number of aliphatic hydroxyl groups excluding tert-OH is 7. The molecule has 2 fully saturated rings. The zero-order valence-electron chi connectivity index (χ0n) is 11.0. The smallest absolute Gasteiger partial charge is 0.186 e. The van der Waals surface area contributed by atoms with Crippen LogP contribution in [-0.4, -0.2) is 104 Å². The van der Waals surface area contributed by atoms with Crippen molar-refractivity contribution in [2.45, 2.75) is 55.3 Å². The number of hydrogen-bond donors (Lipinski definition) is 7. The molecule has 2 rings (SSSR count). The third kappa shape index (κ3) is 3.51. The molecule has 0 amide bonds. The Morgan fingerprint density at radius 2 is 1.48 bits per heavy atom. The highest BCUT2D eigenvalue weighted by Crippen LogP contribution is 2.22. The molecule has 0 aromatic heterocycles. The normalized spacial score (nSPS) is 51.9. The summed E-state index contributed by atoms with van der Waals surface area (Å²) in [4.78, 5) is 0. The van der Waals surface area contributed by atoms with Gasteiger partial charge >= 0.3 is 0 Å². The quantitative estimate of drug-likeness (QED) is 0.268. The van der Waals surface area contributed by atoms with E-state index in [-0.39, 0.29) is 13.2 Å². The average molecular weight is 312 g/mol. The Bertz CT molecular complexity index is 341. The highest BCUT2D eigenvalue weighted by Gasteiger charge is 2.44. The Labute approximate surface area is 119 Å². The van der Waals surface area contributed by atoms with Crippen LogP contribution in [0.1, 0.15) is 0 Å². The molecule has 2 saturated heterocycles. The number of hydrogen-bond acceptors (Lipinski definition) is 10. The van der Waals surface area contributed by atoms with Gasteiger partial charge in [-0.05, 0) is 0 Å². The van der Waals surface area contributed by atoms with Crippen LogP contribution in [0.4, 0.5) is 0 Å². The lowest BCUT2D eigenvalue weighted by Gasteiger charge is -2.40. The molecule has 0 unspecified atom stereocenters. The Kier molecular flexibility index (Phi) is 5.48. The first-order valence-corrected chi connectivity index (χ1v) is 6.48. The zero-order chi connectivity index (χ0) is 15.7. The average Bonchev–Trinajstić information content (AvgIpc) is 2.46. The van der Waals surface area contributed by atoms with Gasteiger partial charge in [0.25, 0.3) is 0 Å². The minimum Gasteiger partial charge on any atom is -0.388 e. The summed E-state index contributed by atoms with van der Waals surface area (Å²) in [6.45, 7) is -0.631. The molecule has 9 atom stereocenters. The minimum absolute atomic E-state index is 0.249. The van der Waals surface area contributed by atoms with Crippen LogP contribution in [0, 0.1) is 0 Å². The van der Waals surface area contributed by atoms with Gasteiger partial charge < -0.3 is 50.0 Å². The standard InChI is InChI=1S/C11H20O10/c12-3-1-19-11(9(17)5(3)13)20-2-4-6(14)7(15)8(16)10(18)21-4/h3-18H,1-2H2/t3-,4-,5+,6-,7+,8+,9-,10+,11-/m1/s1. The van der Waals surface area contributed by atoms with Gasteiger partial charge in [-0.1, -0.05) is 0 Å². The van der Waals surface area contributed by atoms with E-state index in [1.165, 1.54) is 0 Å². The fourth-order valence-corrected chi connectivity index (χ4v) is 2.18. The van der Waals surface area contributed by atoms with E-state index < -0.39 is 55.3 Å². The van der Waals surface area contributed by atoms with Crippen LogP contribution in [-0.2, 0) is 14.2 Å². The van der Waals surface area contributed by atoms with Gasteiger partial charge in [-0.2, -0.15) is 0 Å². The second-order valence-corrected chi connectivity index (χ2v) is 5.12. The van der Waals surface area contributed by atoms with Crippen LogP contribution in [0.2, 0.25) is 0 Å². The van der Waals surface area contributed by atoms with E-state index in [0.29, 0.717) is 0 Å². The first-order chi connectivity index (χ1) is 9.82. The molecule has 2 aliphatic rings. The molecule has 0 radical (unpaired) electrons. The fourth-order valence-electron chi connectivity index (χ4n) is 2.18. The van der Waals surface area contributed by atoms with E-state index in [1.807, 2.05) is 0 Å². The van der Waals surface area contributed by atoms with Gasteiger partial charge in [-0.25, -0.2) is 0 Å². The van der Waals surface area contributed by atoms with Crippen molar-refractivity contribution in [2.24, 2.45) is 0 Å². The number of rotatable bonds is 3. The van der Waals surface area contributed by atoms with Crippen molar-refractivity contribution in [3.63, 3.8) is 0 Å². The summed E-state index contributed by atoms with van der Waals surface area (Å²) < 4.78 is 15.0. The Hall–Kier alpha value is -0.400. The third-order valence-electron chi connectivity index (χ3n) is 3.57. The summed E-state index contributed by atoms with van der Waals surface area (Å²) in [6.07, 6.45) is -13.1. The Balaban J connectivity index is 1.88. The van der Waals surface area contributed by atoms with Crippen molar-refractivity contribution in [2.75, 3.05) is 13.2 Å². The highest BCUT2D eigenvalue weighted by molar-refractivity contribution is 4.89. The van der Waals surface area contributed by atoms with E-state index in [9.17, 15) is 35.7 Å². The van der Waals surface area contributed by atoms with E-state index in [4.69, 9.17) is 14.2 Å². The van der Waals surface area contributed by atoms with Crippen molar-refractivity contribution in [1.29, 1.82) is 0 Å². The third-order valence-corrected chi connectivity index (χ3v) is 3.57. The van der Waals surface area contributed by atoms with Crippen LogP contribution < -0.4 is 0 Å². The first kappa shape index (κ1) is 17.0. The molecule has 2 heterocycles. The van der Waals surface area contributed by atoms with Crippen molar-refractivity contribution < 1.29 is 50.0 Å². The molecule has 7 N–H and O–H groups in total. The summed E-state index contributed by atoms with van der Waals surface area (Å²) >= 11 is 0. The van der Waals surface area contributed by atoms with Crippen molar-refractivity contribution in [3.05, 3.63) is 0 Å². The SMILES string of the molecule is O[C@@H]1[C@H](O)[C@@H](O)O[C@H](CO[C@H]2OC[C@@H](O)[C@H](O)[C@H]2O)[C@H]1O. The van der Waals surface area contributed by atoms with Gasteiger partial charge in [0.15, 0.2) is 12.6 Å². The van der Waals surface area contributed by atoms with Crippen molar-refractivity contribution >= 4 is 0 Å². The minimum atomic E-state index is -1.69. The van der Waals surface area contributed by atoms with E-state index >= 15 is 0 Å². The van der Waals surface area contributed by atoms with Gasteiger partial charge in [-0.15, -0.1) is 0 Å². The van der Waals surface area contributed by atoms with Crippen LogP contribution in [0.5, 0.6) is 0 Å². The van der Waals surface area contributed by atoms with Crippen LogP contribution >= 0.6 is 0 Å². The monoisotopic (exact) mass is 312 g/mol. The van der Waals surface area contributed by atoms with E-state index in [1.54, 1.807) is 0 Å². The van der Waals surface area contributed by atoms with Crippen LogP contribution in [0.25, 0.3) is 0 Å². The summed E-state index contributed by atoms with van der Waals surface area (Å²) in [6, 6.07) is 0. The predicted molar refractivity (Wildman–Crippen MR) is 62.6 cm³/mol. The number of ether oxygens (including phenoxy) is 3. The molecule has 21 heavy (non-hydrogen) atoms. The Morgan fingerprint density at radius 1 is 0.810 bits per heavy atom. The lowest BCUT2D eigenvalue weighted by Crippen LogP contribution is -2.59. The van der Waals surface area contributed by atoms with Gasteiger partial charge in [0.1, 0.15) is 42.7 Å². The van der Waals surface area contributed by atoms with Gasteiger partial charge in [-0.3, -0.25) is 0 Å². The van der Waals surface area contributed by atoms with Gasteiger partial charge in [0.2, 0.25) is 0 Å². The van der Waals surface area contributed by atoms with Crippen LogP contribution in [0.3, 0.4) is 0 Å². The molecule has 10 nitrogen and oxygen atoms in total. The maximum atomic E-state index is 9.70. The summed E-state index contributed by atoms with van der Waals surface area (Å²) in [5, 5.41) is 66.2. The lowest BCUT2D eigenvalue weighted by molar-refractivity contribution is -0.312. The predicted octanol–water partition coefficient (Wildman–Crippen LogP) is -4.76. The molecule has 2 aliphatic heterocycles. The summed E-state index contributed by atoms with van der Waals surface area (Å²) in [5.74, 6) is 0. The molecule has 0 saturated carbocycles. The molecule has 0 aromatic rings. The van der Waals surface area contributed by atoms with Gasteiger partial charge in [0.05, 0.1) is 13.2 Å². The first-order valence-electron chi connectivity index (χ1n) is 6.48. The largest absolute Gasteiger partial charge is 0.388 e. The molecule has 0 spiro atoms. The lowest BCUT2D eigenvalue weighted by atomic mass is 9.99. The Morgan fingerprint density at radius 3 is 2.14 bits per heavy atom. The highest BCUT2D eigenvalue weighted by atomic mass is 16.7. The second-order valence-electron chi connectivity index (χ2n) is 5.12. The molecule has 10 heteroatoms. The molecule has 0 bridgehead atoms. The van der Waals surface area contributed by atoms with E-state index in [0.717, 1.165) is 0 Å². The van der Waals surface area contributed by atoms with Gasteiger partial charge in [0, 0.05) is 0 Å². The second kappa shape index (κ2) is 6.79. The maximum absolute atomic E-state index is 9.70. The number of aliphatic hydroxyl groups is 7. The molecule has 0 aromatic carbocycles. The fraction of sp³-hybridized carbons (Fsp3) is 1.00. The van der Waals surface area contributed by atoms with Crippen LogP contribution in [0.15, 0.2) is 0 Å². The van der Waals surface area contributed by atoms with E-state index in [2.05, 4.69) is 0 Å². The zero-order valence-corrected chi connectivity index (χ0v) is 11.0. The molecule has 124 valence electrons. The summed E-state index contributed by atoms with van der Waals surface area (Å²) in [7, 11) is 0. The van der Waals surface area contributed by atoms with Crippen molar-refractivity contribution in [1.82, 2.24) is 0 Å². The maximum Gasteiger partial charge on any atom is 0.186 e.